The fourth-order valence-corrected chi connectivity index (χ4v) is 5.31. The van der Waals surface area contributed by atoms with Crippen molar-refractivity contribution in [2.45, 2.75) is 38.5 Å². The molecule has 0 aliphatic carbocycles. The van der Waals surface area contributed by atoms with Crippen LogP contribution in [-0.2, 0) is 9.53 Å². The predicted octanol–water partition coefficient (Wildman–Crippen LogP) is 2.76. The Morgan fingerprint density at radius 1 is 1.18 bits per heavy atom. The van der Waals surface area contributed by atoms with Crippen LogP contribution in [0.4, 0.5) is 5.69 Å². The van der Waals surface area contributed by atoms with Crippen LogP contribution >= 0.6 is 0 Å². The Morgan fingerprint density at radius 3 is 2.76 bits per heavy atom. The molecule has 2 N–H and O–H groups in total. The predicted molar refractivity (Wildman–Crippen MR) is 129 cm³/mol. The number of benzene rings is 1. The molecule has 1 aromatic carbocycles. The first-order valence-corrected chi connectivity index (χ1v) is 11.8. The van der Waals surface area contributed by atoms with E-state index in [0.29, 0.717) is 13.0 Å². The second kappa shape index (κ2) is 8.11. The number of ether oxygens (including phenoxy) is 1. The molecule has 1 unspecified atom stereocenters. The molecule has 4 aromatic rings. The molecule has 0 radical (unpaired) electrons. The van der Waals surface area contributed by atoms with Crippen molar-refractivity contribution in [2.75, 3.05) is 31.1 Å². The van der Waals surface area contributed by atoms with E-state index in [1.807, 2.05) is 18.5 Å². The van der Waals surface area contributed by atoms with E-state index in [4.69, 9.17) is 9.72 Å². The summed E-state index contributed by atoms with van der Waals surface area (Å²) in [5.74, 6) is 0.679. The maximum Gasteiger partial charge on any atom is 0.220 e. The zero-order chi connectivity index (χ0) is 23.4. The Kier molecular flexibility index (Phi) is 5.04. The number of aliphatic hydroxyl groups excluding tert-OH is 1. The number of morpholine rings is 1. The van der Waals surface area contributed by atoms with Crippen molar-refractivity contribution in [3.05, 3.63) is 48.5 Å². The van der Waals surface area contributed by atoms with Crippen LogP contribution in [0.3, 0.4) is 0 Å². The zero-order valence-corrected chi connectivity index (χ0v) is 19.3. The minimum Gasteiger partial charge on any atom is -0.391 e. The van der Waals surface area contributed by atoms with E-state index in [1.54, 1.807) is 11.8 Å². The summed E-state index contributed by atoms with van der Waals surface area (Å²) in [5, 5.41) is 10.4. The lowest BCUT2D eigenvalue weighted by molar-refractivity contribution is -0.130. The Bertz CT molecular complexity index is 1360. The minimum absolute atomic E-state index is 0.0664. The van der Waals surface area contributed by atoms with Crippen molar-refractivity contribution in [3.8, 4) is 11.3 Å². The Balaban J connectivity index is 1.46. The summed E-state index contributed by atoms with van der Waals surface area (Å²) in [6, 6.07) is 10.1. The number of aromatic amines is 1. The average molecular weight is 461 g/mol. The second-order valence-electron chi connectivity index (χ2n) is 9.26. The monoisotopic (exact) mass is 460 g/mol. The van der Waals surface area contributed by atoms with E-state index in [0.717, 1.165) is 59.1 Å². The van der Waals surface area contributed by atoms with Gasteiger partial charge in [-0.3, -0.25) is 9.20 Å². The summed E-state index contributed by atoms with van der Waals surface area (Å²) >= 11 is 0. The maximum atomic E-state index is 12.4. The third kappa shape index (κ3) is 3.43. The number of carbonyl (C=O) groups is 1. The number of imidazole rings is 1. The number of carbonyl (C=O) groups excluding carboxylic acids is 1. The summed E-state index contributed by atoms with van der Waals surface area (Å²) in [7, 11) is 0. The number of anilines is 1. The van der Waals surface area contributed by atoms with Gasteiger partial charge >= 0.3 is 0 Å². The van der Waals surface area contributed by atoms with Gasteiger partial charge in [0.05, 0.1) is 47.8 Å². The number of hydrogen-bond donors (Lipinski definition) is 2. The number of β-amino-alcohol motifs (C(OH)–C–C–N with tert-alkyl or cyclic N) is 1. The molecule has 2 aliphatic heterocycles. The quantitative estimate of drug-likeness (QED) is 0.488. The molecule has 0 bridgehead atoms. The summed E-state index contributed by atoms with van der Waals surface area (Å²) in [4.78, 5) is 29.2. The first-order chi connectivity index (χ1) is 16.5. The van der Waals surface area contributed by atoms with Crippen molar-refractivity contribution in [2.24, 2.45) is 0 Å². The van der Waals surface area contributed by atoms with Gasteiger partial charge in [-0.2, -0.15) is 0 Å². The normalized spacial score (nSPS) is 23.3. The molecular weight excluding hydrogens is 432 g/mol. The van der Waals surface area contributed by atoms with Crippen LogP contribution < -0.4 is 4.90 Å². The van der Waals surface area contributed by atoms with Crippen LogP contribution in [0.15, 0.2) is 42.7 Å². The molecule has 0 spiro atoms. The number of likely N-dealkylation sites (tertiary alicyclic amines) is 1. The maximum absolute atomic E-state index is 12.4. The van der Waals surface area contributed by atoms with Crippen LogP contribution in [0, 0.1) is 0 Å². The highest BCUT2D eigenvalue weighted by Crippen LogP contribution is 2.37. The largest absolute Gasteiger partial charge is 0.391 e. The van der Waals surface area contributed by atoms with Gasteiger partial charge in [-0.15, -0.1) is 0 Å². The van der Waals surface area contributed by atoms with Crippen molar-refractivity contribution in [1.29, 1.82) is 0 Å². The van der Waals surface area contributed by atoms with Crippen molar-refractivity contribution in [3.63, 3.8) is 0 Å². The summed E-state index contributed by atoms with van der Waals surface area (Å²) in [5.41, 5.74) is 5.49. The highest BCUT2D eigenvalue weighted by atomic mass is 16.5. The van der Waals surface area contributed by atoms with Gasteiger partial charge in [0.25, 0.3) is 0 Å². The zero-order valence-electron chi connectivity index (χ0n) is 19.3. The Labute approximate surface area is 197 Å². The minimum atomic E-state index is -0.566. The van der Waals surface area contributed by atoms with Crippen LogP contribution in [-0.4, -0.2) is 73.7 Å². The molecule has 6 rings (SSSR count). The van der Waals surface area contributed by atoms with Gasteiger partial charge in [-0.1, -0.05) is 12.1 Å². The van der Waals surface area contributed by atoms with E-state index in [2.05, 4.69) is 50.5 Å². The van der Waals surface area contributed by atoms with E-state index < -0.39 is 6.10 Å². The third-order valence-electron chi connectivity index (χ3n) is 6.93. The van der Waals surface area contributed by atoms with Gasteiger partial charge in [0.2, 0.25) is 5.91 Å². The molecular formula is C25H28N6O3. The first-order valence-electron chi connectivity index (χ1n) is 11.8. The number of fused-ring (bicyclic) bond motifs is 3. The average Bonchev–Trinajstić information content (AvgIpc) is 3.55. The second-order valence-corrected chi connectivity index (χ2v) is 9.26. The third-order valence-corrected chi connectivity index (χ3v) is 6.93. The number of aliphatic hydroxyl groups is 1. The molecule has 9 heteroatoms. The van der Waals surface area contributed by atoms with E-state index in [9.17, 15) is 9.90 Å². The molecule has 5 heterocycles. The molecule has 2 saturated heterocycles. The Hall–Kier alpha value is -3.43. The molecule has 34 heavy (non-hydrogen) atoms. The van der Waals surface area contributed by atoms with Crippen LogP contribution in [0.5, 0.6) is 0 Å². The number of nitrogens with zero attached hydrogens (tertiary/aromatic N) is 5. The molecule has 2 aliphatic rings. The van der Waals surface area contributed by atoms with Gasteiger partial charge in [-0.05, 0) is 25.1 Å². The number of hydrogen-bond acceptors (Lipinski definition) is 6. The summed E-state index contributed by atoms with van der Waals surface area (Å²) in [6.45, 7) is 6.44. The van der Waals surface area contributed by atoms with Gasteiger partial charge in [0, 0.05) is 50.4 Å². The highest BCUT2D eigenvalue weighted by Gasteiger charge is 2.37. The standard InChI is InChI=1S/C25H28N6O3/c1-15-13-29(9-10-34-15)18-5-3-17(4-6-18)23-22-12-27-24-20(7-8-26-24)31(22)25(28-23)21-11-19(33)14-30(21)16(2)32/h3-8,12,15,19,21,26,33H,9-11,13-14H2,1-2H3/t15?,19-,21-/m1/s1. The molecule has 0 saturated carbocycles. The molecule has 1 amide bonds. The Morgan fingerprint density at radius 2 is 2.00 bits per heavy atom. The van der Waals surface area contributed by atoms with Crippen molar-refractivity contribution >= 4 is 28.3 Å². The number of nitrogens with one attached hydrogen (secondary N) is 1. The van der Waals surface area contributed by atoms with Crippen LogP contribution in [0.2, 0.25) is 0 Å². The lowest BCUT2D eigenvalue weighted by Gasteiger charge is -2.33. The van der Waals surface area contributed by atoms with Gasteiger partial charge in [0.1, 0.15) is 5.82 Å². The molecule has 3 aromatic heterocycles. The first kappa shape index (κ1) is 21.1. The van der Waals surface area contributed by atoms with Crippen molar-refractivity contribution < 1.29 is 14.6 Å². The summed E-state index contributed by atoms with van der Waals surface area (Å²) < 4.78 is 7.75. The van der Waals surface area contributed by atoms with Crippen LogP contribution in [0.1, 0.15) is 32.1 Å². The van der Waals surface area contributed by atoms with Crippen LogP contribution in [0.25, 0.3) is 27.9 Å². The fourth-order valence-electron chi connectivity index (χ4n) is 5.31. The summed E-state index contributed by atoms with van der Waals surface area (Å²) in [6.07, 6.45) is 3.79. The van der Waals surface area contributed by atoms with Gasteiger partial charge in [0.15, 0.2) is 5.65 Å². The van der Waals surface area contributed by atoms with Gasteiger partial charge in [-0.25, -0.2) is 9.97 Å². The molecule has 2 fully saturated rings. The number of H-pyrrole nitrogens is 1. The molecule has 3 atom stereocenters. The lowest BCUT2D eigenvalue weighted by atomic mass is 10.1. The lowest BCUT2D eigenvalue weighted by Crippen LogP contribution is -2.41. The highest BCUT2D eigenvalue weighted by molar-refractivity contribution is 5.85. The van der Waals surface area contributed by atoms with Gasteiger partial charge < -0.3 is 24.6 Å². The topological polar surface area (TPSA) is 99.0 Å². The SMILES string of the molecule is CC(=O)N1C[C@H](O)C[C@@H]1c1nc(-c2ccc(N3CCOC(C)C3)cc2)c2cnc3[nH]ccc3n12. The van der Waals surface area contributed by atoms with E-state index in [1.165, 1.54) is 0 Å². The van der Waals surface area contributed by atoms with E-state index in [-0.39, 0.29) is 18.1 Å². The van der Waals surface area contributed by atoms with E-state index >= 15 is 0 Å². The smallest absolute Gasteiger partial charge is 0.220 e. The fraction of sp³-hybridized carbons (Fsp3) is 0.400. The molecule has 176 valence electrons. The molecule has 9 nitrogen and oxygen atoms in total. The number of amides is 1. The number of rotatable bonds is 3. The number of aromatic nitrogens is 4. The van der Waals surface area contributed by atoms with Crippen molar-refractivity contribution in [1.82, 2.24) is 24.3 Å².